The van der Waals surface area contributed by atoms with Crippen LogP contribution in [0.2, 0.25) is 0 Å². The zero-order chi connectivity index (χ0) is 21.2. The Hall–Kier alpha value is -2.38. The molecule has 7 heteroatoms. The maximum absolute atomic E-state index is 13.1. The Labute approximate surface area is 173 Å². The summed E-state index contributed by atoms with van der Waals surface area (Å²) in [6.45, 7) is 5.82. The van der Waals surface area contributed by atoms with Crippen LogP contribution in [0.15, 0.2) is 47.4 Å². The molecule has 1 fully saturated rings. The Morgan fingerprint density at radius 1 is 1.10 bits per heavy atom. The number of piperidine rings is 1. The number of carbonyl (C=O) groups excluding carboxylic acids is 1. The smallest absolute Gasteiger partial charge is 0.261 e. The average Bonchev–Trinajstić information content (AvgIpc) is 2.67. The average molecular weight is 417 g/mol. The molecule has 29 heavy (non-hydrogen) atoms. The Morgan fingerprint density at radius 3 is 2.45 bits per heavy atom. The fraction of sp³-hybridized carbons (Fsp3) is 0.409. The van der Waals surface area contributed by atoms with Crippen molar-refractivity contribution < 1.29 is 18.1 Å². The number of likely N-dealkylation sites (tertiary alicyclic amines) is 1. The van der Waals surface area contributed by atoms with Gasteiger partial charge in [-0.3, -0.25) is 9.52 Å². The number of hydrogen-bond acceptors (Lipinski definition) is 3. The largest absolute Gasteiger partial charge is 0.338 e. The van der Waals surface area contributed by atoms with E-state index < -0.39 is 10.0 Å². The van der Waals surface area contributed by atoms with Crippen LogP contribution in [0.25, 0.3) is 0 Å². The van der Waals surface area contributed by atoms with E-state index in [4.69, 9.17) is 0 Å². The molecule has 0 saturated carbocycles. The highest BCUT2D eigenvalue weighted by Crippen LogP contribution is 2.22. The van der Waals surface area contributed by atoms with Gasteiger partial charge in [0.15, 0.2) is 0 Å². The van der Waals surface area contributed by atoms with Gasteiger partial charge >= 0.3 is 0 Å². The molecule has 0 radical (unpaired) electrons. The van der Waals surface area contributed by atoms with Gasteiger partial charge in [-0.15, -0.1) is 0 Å². The van der Waals surface area contributed by atoms with Crippen molar-refractivity contribution in [2.75, 3.05) is 31.9 Å². The van der Waals surface area contributed by atoms with Crippen molar-refractivity contribution in [1.29, 1.82) is 0 Å². The van der Waals surface area contributed by atoms with Gasteiger partial charge in [0, 0.05) is 37.2 Å². The van der Waals surface area contributed by atoms with Crippen molar-refractivity contribution in [2.24, 2.45) is 0 Å². The van der Waals surface area contributed by atoms with E-state index in [1.54, 1.807) is 35.2 Å². The van der Waals surface area contributed by atoms with Crippen molar-refractivity contribution in [3.8, 4) is 0 Å². The number of sulfonamides is 1. The first kappa shape index (κ1) is 21.3. The van der Waals surface area contributed by atoms with Gasteiger partial charge in [-0.05, 0) is 49.2 Å². The van der Waals surface area contributed by atoms with E-state index in [9.17, 15) is 13.2 Å². The predicted octanol–water partition coefficient (Wildman–Crippen LogP) is 1.85. The number of nitrogens with one attached hydrogen (secondary N) is 2. The number of aryl methyl sites for hydroxylation is 2. The zero-order valence-electron chi connectivity index (χ0n) is 17.5. The molecule has 2 N–H and O–H groups in total. The van der Waals surface area contributed by atoms with Crippen molar-refractivity contribution in [3.63, 3.8) is 0 Å². The van der Waals surface area contributed by atoms with Gasteiger partial charge in [-0.1, -0.05) is 18.2 Å². The summed E-state index contributed by atoms with van der Waals surface area (Å²) in [4.78, 5) is 16.5. The molecule has 0 aromatic heterocycles. The molecule has 2 aromatic rings. The van der Waals surface area contributed by atoms with Crippen molar-refractivity contribution in [2.45, 2.75) is 37.6 Å². The molecule has 0 aliphatic carbocycles. The molecule has 1 saturated heterocycles. The highest BCUT2D eigenvalue weighted by molar-refractivity contribution is 7.92. The van der Waals surface area contributed by atoms with Gasteiger partial charge in [-0.25, -0.2) is 8.42 Å². The fourth-order valence-electron chi connectivity index (χ4n) is 3.76. The van der Waals surface area contributed by atoms with Crippen molar-refractivity contribution in [1.82, 2.24) is 4.90 Å². The van der Waals surface area contributed by atoms with E-state index >= 15 is 0 Å². The number of rotatable bonds is 5. The number of benzene rings is 2. The Morgan fingerprint density at radius 2 is 1.79 bits per heavy atom. The number of quaternary nitrogens is 1. The second kappa shape index (κ2) is 8.55. The van der Waals surface area contributed by atoms with Crippen LogP contribution in [0.3, 0.4) is 0 Å². The van der Waals surface area contributed by atoms with Crippen LogP contribution in [-0.4, -0.2) is 52.5 Å². The SMILES string of the molecule is Cc1cccc(NS(=O)(=O)c2ccc(C)c(C(=O)N(C)C3CC[NH+](C)CC3)c2)c1. The van der Waals surface area contributed by atoms with E-state index in [-0.39, 0.29) is 16.8 Å². The number of anilines is 1. The first-order valence-electron chi connectivity index (χ1n) is 9.96. The third-order valence-corrected chi connectivity index (χ3v) is 7.08. The number of hydrogen-bond donors (Lipinski definition) is 2. The van der Waals surface area contributed by atoms with Crippen LogP contribution in [0.1, 0.15) is 34.3 Å². The summed E-state index contributed by atoms with van der Waals surface area (Å²) in [5.41, 5.74) is 2.68. The summed E-state index contributed by atoms with van der Waals surface area (Å²) in [6.07, 6.45) is 1.92. The third kappa shape index (κ3) is 4.97. The summed E-state index contributed by atoms with van der Waals surface area (Å²) in [7, 11) is 0.198. The maximum Gasteiger partial charge on any atom is 0.261 e. The first-order chi connectivity index (χ1) is 13.7. The molecule has 1 aliphatic rings. The van der Waals surface area contributed by atoms with Crippen molar-refractivity contribution in [3.05, 3.63) is 59.2 Å². The molecule has 0 atom stereocenters. The quantitative estimate of drug-likeness (QED) is 0.782. The molecule has 1 aliphatic heterocycles. The van der Waals surface area contributed by atoms with E-state index in [0.717, 1.165) is 37.1 Å². The van der Waals surface area contributed by atoms with Gasteiger partial charge in [0.2, 0.25) is 0 Å². The Bertz CT molecular complexity index is 996. The van der Waals surface area contributed by atoms with E-state index in [1.165, 1.54) is 11.0 Å². The summed E-state index contributed by atoms with van der Waals surface area (Å²) < 4.78 is 28.3. The van der Waals surface area contributed by atoms with Gasteiger partial charge in [0.25, 0.3) is 15.9 Å². The van der Waals surface area contributed by atoms with Crippen LogP contribution in [-0.2, 0) is 10.0 Å². The lowest BCUT2D eigenvalue weighted by Gasteiger charge is -2.33. The summed E-state index contributed by atoms with van der Waals surface area (Å²) in [5.74, 6) is -0.125. The summed E-state index contributed by atoms with van der Waals surface area (Å²) in [5, 5.41) is 0. The van der Waals surface area contributed by atoms with Gasteiger partial charge in [-0.2, -0.15) is 0 Å². The number of carbonyl (C=O) groups is 1. The highest BCUT2D eigenvalue weighted by Gasteiger charge is 2.28. The Kier molecular flexibility index (Phi) is 6.29. The molecule has 2 aromatic carbocycles. The minimum Gasteiger partial charge on any atom is -0.338 e. The van der Waals surface area contributed by atoms with E-state index in [0.29, 0.717) is 11.3 Å². The van der Waals surface area contributed by atoms with Gasteiger partial charge < -0.3 is 9.80 Å². The Balaban J connectivity index is 1.84. The molecular formula is C22H30N3O3S+. The second-order valence-electron chi connectivity index (χ2n) is 8.06. The molecule has 6 nitrogen and oxygen atoms in total. The normalized spacial score (nSPS) is 19.6. The third-order valence-electron chi connectivity index (χ3n) is 5.70. The second-order valence-corrected chi connectivity index (χ2v) is 9.74. The van der Waals surface area contributed by atoms with E-state index in [1.807, 2.05) is 27.0 Å². The van der Waals surface area contributed by atoms with Gasteiger partial charge in [0.05, 0.1) is 25.0 Å². The summed E-state index contributed by atoms with van der Waals surface area (Å²) >= 11 is 0. The highest BCUT2D eigenvalue weighted by atomic mass is 32.2. The molecule has 3 rings (SSSR count). The molecular weight excluding hydrogens is 386 g/mol. The summed E-state index contributed by atoms with van der Waals surface area (Å²) in [6, 6.07) is 12.1. The topological polar surface area (TPSA) is 70.9 Å². The lowest BCUT2D eigenvalue weighted by atomic mass is 10.0. The maximum atomic E-state index is 13.1. The fourth-order valence-corrected chi connectivity index (χ4v) is 4.84. The molecule has 0 bridgehead atoms. The first-order valence-corrected chi connectivity index (χ1v) is 11.4. The minimum atomic E-state index is -3.78. The molecule has 1 heterocycles. The lowest BCUT2D eigenvalue weighted by molar-refractivity contribution is -0.885. The number of amides is 1. The van der Waals surface area contributed by atoms with Crippen LogP contribution >= 0.6 is 0 Å². The van der Waals surface area contributed by atoms with Gasteiger partial charge in [0.1, 0.15) is 0 Å². The van der Waals surface area contributed by atoms with Crippen LogP contribution in [0, 0.1) is 13.8 Å². The standard InChI is InChI=1S/C22H29N3O3S/c1-16-6-5-7-18(14-16)23-29(27,28)20-9-8-17(2)21(15-20)22(26)25(4)19-10-12-24(3)13-11-19/h5-9,14-15,19,23H,10-13H2,1-4H3/p+1. The van der Waals surface area contributed by atoms with E-state index in [2.05, 4.69) is 11.8 Å². The molecule has 0 spiro atoms. The van der Waals surface area contributed by atoms with Crippen LogP contribution in [0.5, 0.6) is 0 Å². The number of nitrogens with zero attached hydrogens (tertiary/aromatic N) is 1. The minimum absolute atomic E-state index is 0.0918. The molecule has 156 valence electrons. The monoisotopic (exact) mass is 416 g/mol. The van der Waals surface area contributed by atoms with Crippen LogP contribution in [0.4, 0.5) is 5.69 Å². The van der Waals surface area contributed by atoms with Crippen molar-refractivity contribution >= 4 is 21.6 Å². The zero-order valence-corrected chi connectivity index (χ0v) is 18.3. The molecule has 1 amide bonds. The predicted molar refractivity (Wildman–Crippen MR) is 115 cm³/mol. The molecule has 0 unspecified atom stereocenters. The van der Waals surface area contributed by atoms with Crippen LogP contribution < -0.4 is 9.62 Å². The lowest BCUT2D eigenvalue weighted by Crippen LogP contribution is -3.10.